The highest BCUT2D eigenvalue weighted by atomic mass is 16.4. The van der Waals surface area contributed by atoms with Crippen LogP contribution in [0.2, 0.25) is 0 Å². The number of nitrogens with one attached hydrogen (secondary N) is 2. The second-order valence-corrected chi connectivity index (χ2v) is 5.95. The topological polar surface area (TPSA) is 78.4 Å². The van der Waals surface area contributed by atoms with Crippen molar-refractivity contribution in [1.82, 2.24) is 10.6 Å². The molecule has 0 unspecified atom stereocenters. The molecule has 0 aliphatic carbocycles. The molecule has 0 spiro atoms. The van der Waals surface area contributed by atoms with Crippen LogP contribution in [0.5, 0.6) is 0 Å². The summed E-state index contributed by atoms with van der Waals surface area (Å²) in [5.74, 6) is -0.881. The van der Waals surface area contributed by atoms with Gasteiger partial charge >= 0.3 is 5.97 Å². The number of carboxylic acid groups (broad SMARTS) is 1. The van der Waals surface area contributed by atoms with E-state index in [0.29, 0.717) is 13.0 Å². The first-order valence-corrected chi connectivity index (χ1v) is 6.28. The normalized spacial score (nSPS) is 12.6. The van der Waals surface area contributed by atoms with Crippen molar-refractivity contribution in [1.29, 1.82) is 0 Å². The Morgan fingerprint density at radius 2 is 1.67 bits per heavy atom. The Morgan fingerprint density at radius 1 is 1.17 bits per heavy atom. The lowest BCUT2D eigenvalue weighted by molar-refractivity contribution is -0.151. The lowest BCUT2D eigenvalue weighted by Gasteiger charge is -2.39. The van der Waals surface area contributed by atoms with E-state index in [-0.39, 0.29) is 11.9 Å². The molecular formula is C13H26N2O3. The molecule has 0 saturated heterocycles. The Morgan fingerprint density at radius 3 is 2.06 bits per heavy atom. The van der Waals surface area contributed by atoms with Gasteiger partial charge in [0.25, 0.3) is 0 Å². The van der Waals surface area contributed by atoms with Gasteiger partial charge in [-0.1, -0.05) is 0 Å². The fraction of sp³-hybridized carbons (Fsp3) is 0.846. The van der Waals surface area contributed by atoms with Gasteiger partial charge in [0.2, 0.25) is 5.91 Å². The predicted octanol–water partition coefficient (Wildman–Crippen LogP) is 1.38. The maximum atomic E-state index is 11.5. The van der Waals surface area contributed by atoms with Crippen molar-refractivity contribution < 1.29 is 14.7 Å². The van der Waals surface area contributed by atoms with E-state index in [1.165, 1.54) is 0 Å². The van der Waals surface area contributed by atoms with Crippen LogP contribution in [-0.2, 0) is 9.59 Å². The highest BCUT2D eigenvalue weighted by molar-refractivity contribution is 5.76. The van der Waals surface area contributed by atoms with E-state index in [2.05, 4.69) is 10.6 Å². The van der Waals surface area contributed by atoms with Gasteiger partial charge in [0, 0.05) is 24.5 Å². The number of carboxylic acids is 1. The minimum atomic E-state index is -0.901. The molecule has 0 heterocycles. The fourth-order valence-corrected chi connectivity index (χ4v) is 1.37. The lowest BCUT2D eigenvalue weighted by atomic mass is 9.74. The van der Waals surface area contributed by atoms with E-state index >= 15 is 0 Å². The van der Waals surface area contributed by atoms with Gasteiger partial charge in [0.15, 0.2) is 0 Å². The standard InChI is InChI=1S/C13H26N2O3/c1-9(2)15-10(16)7-8-14-13(5,6)12(3,4)11(17)18/h9,14H,7-8H2,1-6H3,(H,15,16)(H,17,18). The molecular weight excluding hydrogens is 232 g/mol. The molecule has 5 nitrogen and oxygen atoms in total. The van der Waals surface area contributed by atoms with Gasteiger partial charge < -0.3 is 15.7 Å². The van der Waals surface area contributed by atoms with E-state index in [9.17, 15) is 14.7 Å². The number of hydrogen-bond donors (Lipinski definition) is 3. The molecule has 18 heavy (non-hydrogen) atoms. The van der Waals surface area contributed by atoms with E-state index < -0.39 is 16.9 Å². The average molecular weight is 258 g/mol. The van der Waals surface area contributed by atoms with E-state index in [0.717, 1.165) is 0 Å². The number of amides is 1. The van der Waals surface area contributed by atoms with Crippen molar-refractivity contribution in [2.75, 3.05) is 6.54 Å². The molecule has 106 valence electrons. The summed E-state index contributed by atoms with van der Waals surface area (Å²) in [6, 6.07) is 0.126. The Bertz CT molecular complexity index is 309. The highest BCUT2D eigenvalue weighted by Crippen LogP contribution is 2.30. The first-order valence-electron chi connectivity index (χ1n) is 6.28. The molecule has 0 aromatic rings. The number of rotatable bonds is 7. The summed E-state index contributed by atoms with van der Waals surface area (Å²) in [5.41, 5.74) is -1.49. The Labute approximate surface area is 109 Å². The minimum Gasteiger partial charge on any atom is -0.481 e. The van der Waals surface area contributed by atoms with Crippen LogP contribution in [0.1, 0.15) is 48.0 Å². The van der Waals surface area contributed by atoms with Crippen LogP contribution in [0.3, 0.4) is 0 Å². The second kappa shape index (κ2) is 6.18. The Kier molecular flexibility index (Phi) is 5.80. The molecule has 3 N–H and O–H groups in total. The van der Waals surface area contributed by atoms with Crippen LogP contribution in [0.15, 0.2) is 0 Å². The molecule has 1 amide bonds. The first-order chi connectivity index (χ1) is 8.00. The molecule has 0 radical (unpaired) electrons. The minimum absolute atomic E-state index is 0.0265. The number of carbonyl (C=O) groups is 2. The molecule has 5 heteroatoms. The second-order valence-electron chi connectivity index (χ2n) is 5.95. The molecule has 0 aromatic heterocycles. The molecule has 0 aliphatic rings. The van der Waals surface area contributed by atoms with Crippen molar-refractivity contribution in [3.8, 4) is 0 Å². The number of carbonyl (C=O) groups excluding carboxylic acids is 1. The van der Waals surface area contributed by atoms with E-state index in [1.807, 2.05) is 27.7 Å². The Balaban J connectivity index is 4.29. The van der Waals surface area contributed by atoms with Gasteiger partial charge in [-0.15, -0.1) is 0 Å². The monoisotopic (exact) mass is 258 g/mol. The Hall–Kier alpha value is -1.10. The van der Waals surface area contributed by atoms with Crippen LogP contribution >= 0.6 is 0 Å². The molecule has 0 fully saturated rings. The molecule has 0 aliphatic heterocycles. The summed E-state index contributed by atoms with van der Waals surface area (Å²) in [6.45, 7) is 11.3. The largest absolute Gasteiger partial charge is 0.481 e. The van der Waals surface area contributed by atoms with Crippen LogP contribution < -0.4 is 10.6 Å². The van der Waals surface area contributed by atoms with Gasteiger partial charge in [0.1, 0.15) is 0 Å². The molecule has 0 bridgehead atoms. The van der Waals surface area contributed by atoms with Gasteiger partial charge in [0.05, 0.1) is 5.41 Å². The third-order valence-electron chi connectivity index (χ3n) is 3.47. The van der Waals surface area contributed by atoms with Crippen LogP contribution in [-0.4, -0.2) is 35.1 Å². The molecule has 0 atom stereocenters. The van der Waals surface area contributed by atoms with Crippen molar-refractivity contribution in [2.45, 2.75) is 59.5 Å². The van der Waals surface area contributed by atoms with Crippen molar-refractivity contribution >= 4 is 11.9 Å². The summed E-state index contributed by atoms with van der Waals surface area (Å²) in [4.78, 5) is 22.6. The average Bonchev–Trinajstić information content (AvgIpc) is 2.15. The zero-order valence-corrected chi connectivity index (χ0v) is 12.3. The maximum absolute atomic E-state index is 11.5. The van der Waals surface area contributed by atoms with Gasteiger partial charge in [-0.25, -0.2) is 0 Å². The third-order valence-corrected chi connectivity index (χ3v) is 3.47. The summed E-state index contributed by atoms with van der Waals surface area (Å²) in [5, 5.41) is 15.1. The van der Waals surface area contributed by atoms with E-state index in [4.69, 9.17) is 0 Å². The maximum Gasteiger partial charge on any atom is 0.310 e. The van der Waals surface area contributed by atoms with Crippen LogP contribution in [0.4, 0.5) is 0 Å². The summed E-state index contributed by atoms with van der Waals surface area (Å²) in [7, 11) is 0. The summed E-state index contributed by atoms with van der Waals surface area (Å²) >= 11 is 0. The van der Waals surface area contributed by atoms with Crippen molar-refractivity contribution in [2.24, 2.45) is 5.41 Å². The number of hydrogen-bond acceptors (Lipinski definition) is 3. The molecule has 0 saturated carbocycles. The van der Waals surface area contributed by atoms with Crippen molar-refractivity contribution in [3.63, 3.8) is 0 Å². The van der Waals surface area contributed by atoms with Gasteiger partial charge in [-0.2, -0.15) is 0 Å². The van der Waals surface area contributed by atoms with E-state index in [1.54, 1.807) is 13.8 Å². The summed E-state index contributed by atoms with van der Waals surface area (Å²) < 4.78 is 0. The number of aliphatic carboxylic acids is 1. The SMILES string of the molecule is CC(C)NC(=O)CCNC(C)(C)C(C)(C)C(=O)O. The zero-order chi connectivity index (χ0) is 14.6. The summed E-state index contributed by atoms with van der Waals surface area (Å²) in [6.07, 6.45) is 0.345. The molecule has 0 rings (SSSR count). The molecule has 0 aromatic carbocycles. The third kappa shape index (κ3) is 4.64. The quantitative estimate of drug-likeness (QED) is 0.644. The van der Waals surface area contributed by atoms with Gasteiger partial charge in [-0.05, 0) is 41.5 Å². The highest BCUT2D eigenvalue weighted by Gasteiger charge is 2.42. The lowest BCUT2D eigenvalue weighted by Crippen LogP contribution is -2.55. The van der Waals surface area contributed by atoms with Crippen LogP contribution in [0.25, 0.3) is 0 Å². The van der Waals surface area contributed by atoms with Crippen molar-refractivity contribution in [3.05, 3.63) is 0 Å². The van der Waals surface area contributed by atoms with Gasteiger partial charge in [-0.3, -0.25) is 9.59 Å². The predicted molar refractivity (Wildman–Crippen MR) is 71.4 cm³/mol. The first kappa shape index (κ1) is 16.9. The van der Waals surface area contributed by atoms with Crippen LogP contribution in [0, 0.1) is 5.41 Å². The smallest absolute Gasteiger partial charge is 0.310 e. The zero-order valence-electron chi connectivity index (χ0n) is 12.3. The fourth-order valence-electron chi connectivity index (χ4n) is 1.37.